The summed E-state index contributed by atoms with van der Waals surface area (Å²) in [5, 5.41) is 1.09. The molecule has 0 unspecified atom stereocenters. The van der Waals surface area contributed by atoms with E-state index in [1.807, 2.05) is 25.1 Å². The van der Waals surface area contributed by atoms with Gasteiger partial charge in [0.2, 0.25) is 0 Å². The predicted molar refractivity (Wildman–Crippen MR) is 44.6 cm³/mol. The van der Waals surface area contributed by atoms with Gasteiger partial charge in [-0.1, -0.05) is 0 Å². The lowest BCUT2D eigenvalue weighted by molar-refractivity contribution is 0.979. The summed E-state index contributed by atoms with van der Waals surface area (Å²) in [4.78, 5) is 4.14. The van der Waals surface area contributed by atoms with Crippen LogP contribution in [0.5, 0.6) is 0 Å². The van der Waals surface area contributed by atoms with Crippen LogP contribution < -0.4 is 5.84 Å². The highest BCUT2D eigenvalue weighted by Gasteiger charge is 2.00. The number of nitrogens with zero attached hydrogens (tertiary/aromatic N) is 2. The average Bonchev–Trinajstić information content (AvgIpc) is 2.30. The number of hydrogen-bond acceptors (Lipinski definition) is 2. The zero-order valence-electron chi connectivity index (χ0n) is 6.28. The molecule has 2 rings (SSSR count). The molecule has 56 valence electrons. The van der Waals surface area contributed by atoms with Crippen LogP contribution in [-0.4, -0.2) is 9.66 Å². The third kappa shape index (κ3) is 0.774. The van der Waals surface area contributed by atoms with Crippen LogP contribution >= 0.6 is 0 Å². The Morgan fingerprint density at radius 3 is 3.09 bits per heavy atom. The standard InChI is InChI=1S/C8H9N3/c1-6-5-7-3-2-4-10-8(7)11(6)9/h2-5H,9H2,1H3. The molecule has 0 saturated carbocycles. The minimum atomic E-state index is 0.838. The Bertz CT molecular complexity index is 389. The normalized spacial score (nSPS) is 10.6. The van der Waals surface area contributed by atoms with Gasteiger partial charge in [-0.25, -0.2) is 9.66 Å². The largest absolute Gasteiger partial charge is 0.338 e. The maximum atomic E-state index is 5.69. The quantitative estimate of drug-likeness (QED) is 0.566. The van der Waals surface area contributed by atoms with Gasteiger partial charge in [0.05, 0.1) is 0 Å². The number of rotatable bonds is 0. The molecular formula is C8H9N3. The monoisotopic (exact) mass is 147 g/mol. The molecule has 2 N–H and O–H groups in total. The van der Waals surface area contributed by atoms with Crippen molar-refractivity contribution in [2.75, 3.05) is 5.84 Å². The van der Waals surface area contributed by atoms with Crippen molar-refractivity contribution in [1.82, 2.24) is 9.66 Å². The van der Waals surface area contributed by atoms with E-state index in [0.717, 1.165) is 16.7 Å². The Morgan fingerprint density at radius 1 is 1.55 bits per heavy atom. The van der Waals surface area contributed by atoms with Crippen molar-refractivity contribution in [2.45, 2.75) is 6.92 Å². The van der Waals surface area contributed by atoms with Crippen LogP contribution in [0.4, 0.5) is 0 Å². The van der Waals surface area contributed by atoms with Gasteiger partial charge in [0.15, 0.2) is 5.65 Å². The summed E-state index contributed by atoms with van der Waals surface area (Å²) >= 11 is 0. The van der Waals surface area contributed by atoms with E-state index in [2.05, 4.69) is 4.98 Å². The SMILES string of the molecule is Cc1cc2cccnc2n1N. The van der Waals surface area contributed by atoms with Gasteiger partial charge in [-0.15, -0.1) is 0 Å². The number of pyridine rings is 1. The summed E-state index contributed by atoms with van der Waals surface area (Å²) < 4.78 is 1.59. The molecule has 0 saturated heterocycles. The molecule has 2 aromatic rings. The lowest BCUT2D eigenvalue weighted by Crippen LogP contribution is -2.09. The number of nitrogen functional groups attached to an aromatic ring is 1. The molecule has 0 spiro atoms. The van der Waals surface area contributed by atoms with Gasteiger partial charge in [-0.05, 0) is 25.1 Å². The number of aryl methyl sites for hydroxylation is 1. The van der Waals surface area contributed by atoms with Crippen LogP contribution in [0.15, 0.2) is 24.4 Å². The maximum Gasteiger partial charge on any atom is 0.158 e. The van der Waals surface area contributed by atoms with Crippen molar-refractivity contribution < 1.29 is 0 Å². The van der Waals surface area contributed by atoms with Crippen LogP contribution in [0.2, 0.25) is 0 Å². The van der Waals surface area contributed by atoms with E-state index < -0.39 is 0 Å². The number of aromatic nitrogens is 2. The summed E-state index contributed by atoms with van der Waals surface area (Å²) in [6.07, 6.45) is 1.74. The lowest BCUT2D eigenvalue weighted by Gasteiger charge is -1.95. The third-order valence-corrected chi connectivity index (χ3v) is 1.79. The Morgan fingerprint density at radius 2 is 2.36 bits per heavy atom. The fraction of sp³-hybridized carbons (Fsp3) is 0.125. The summed E-state index contributed by atoms with van der Waals surface area (Å²) in [5.41, 5.74) is 1.86. The van der Waals surface area contributed by atoms with Crippen molar-refractivity contribution in [1.29, 1.82) is 0 Å². The smallest absolute Gasteiger partial charge is 0.158 e. The molecule has 0 aliphatic carbocycles. The molecular weight excluding hydrogens is 138 g/mol. The van der Waals surface area contributed by atoms with Crippen molar-refractivity contribution in [3.63, 3.8) is 0 Å². The fourth-order valence-electron chi connectivity index (χ4n) is 1.18. The zero-order chi connectivity index (χ0) is 7.84. The van der Waals surface area contributed by atoms with Crippen LogP contribution in [0.1, 0.15) is 5.69 Å². The second-order valence-corrected chi connectivity index (χ2v) is 2.57. The van der Waals surface area contributed by atoms with Crippen LogP contribution in [-0.2, 0) is 0 Å². The Labute approximate surface area is 64.4 Å². The molecule has 0 amide bonds. The first kappa shape index (κ1) is 6.22. The summed E-state index contributed by atoms with van der Waals surface area (Å²) in [6.45, 7) is 1.96. The first-order valence-corrected chi connectivity index (χ1v) is 3.47. The van der Waals surface area contributed by atoms with Gasteiger partial charge in [-0.2, -0.15) is 0 Å². The molecule has 11 heavy (non-hydrogen) atoms. The van der Waals surface area contributed by atoms with Crippen molar-refractivity contribution in [2.24, 2.45) is 0 Å². The molecule has 2 aromatic heterocycles. The molecule has 0 bridgehead atoms. The number of nitrogens with two attached hydrogens (primary N) is 1. The zero-order valence-corrected chi connectivity index (χ0v) is 6.28. The topological polar surface area (TPSA) is 43.8 Å². The van der Waals surface area contributed by atoms with Gasteiger partial charge in [0.1, 0.15) is 0 Å². The van der Waals surface area contributed by atoms with E-state index in [1.54, 1.807) is 10.9 Å². The second kappa shape index (κ2) is 1.99. The first-order chi connectivity index (χ1) is 5.29. The first-order valence-electron chi connectivity index (χ1n) is 3.47. The molecule has 0 radical (unpaired) electrons. The van der Waals surface area contributed by atoms with Crippen molar-refractivity contribution in [3.8, 4) is 0 Å². The number of hydrogen-bond donors (Lipinski definition) is 1. The van der Waals surface area contributed by atoms with E-state index in [0.29, 0.717) is 0 Å². The molecule has 0 atom stereocenters. The highest BCUT2D eigenvalue weighted by atomic mass is 15.3. The summed E-state index contributed by atoms with van der Waals surface area (Å²) in [5.74, 6) is 5.69. The van der Waals surface area contributed by atoms with E-state index in [1.165, 1.54) is 0 Å². The third-order valence-electron chi connectivity index (χ3n) is 1.79. The van der Waals surface area contributed by atoms with E-state index in [4.69, 9.17) is 5.84 Å². The molecule has 0 aromatic carbocycles. The van der Waals surface area contributed by atoms with Gasteiger partial charge in [0.25, 0.3) is 0 Å². The number of fused-ring (bicyclic) bond motifs is 1. The predicted octanol–water partition coefficient (Wildman–Crippen LogP) is 1.06. The van der Waals surface area contributed by atoms with Gasteiger partial charge in [-0.3, -0.25) is 0 Å². The molecule has 0 aliphatic rings. The van der Waals surface area contributed by atoms with Crippen LogP contribution in [0.25, 0.3) is 11.0 Å². The molecule has 2 heterocycles. The lowest BCUT2D eigenvalue weighted by atomic mass is 10.3. The summed E-state index contributed by atoms with van der Waals surface area (Å²) in [7, 11) is 0. The van der Waals surface area contributed by atoms with Gasteiger partial charge < -0.3 is 5.84 Å². The van der Waals surface area contributed by atoms with E-state index >= 15 is 0 Å². The molecule has 0 aliphatic heterocycles. The molecule has 0 fully saturated rings. The van der Waals surface area contributed by atoms with Crippen molar-refractivity contribution >= 4 is 11.0 Å². The average molecular weight is 147 g/mol. The fourth-order valence-corrected chi connectivity index (χ4v) is 1.18. The summed E-state index contributed by atoms with van der Waals surface area (Å²) in [6, 6.07) is 5.92. The van der Waals surface area contributed by atoms with Gasteiger partial charge in [0, 0.05) is 17.3 Å². The van der Waals surface area contributed by atoms with Crippen LogP contribution in [0.3, 0.4) is 0 Å². The van der Waals surface area contributed by atoms with E-state index in [-0.39, 0.29) is 0 Å². The Balaban J connectivity index is 2.92. The minimum absolute atomic E-state index is 0.838. The van der Waals surface area contributed by atoms with E-state index in [9.17, 15) is 0 Å². The maximum absolute atomic E-state index is 5.69. The van der Waals surface area contributed by atoms with Gasteiger partial charge >= 0.3 is 0 Å². The van der Waals surface area contributed by atoms with Crippen molar-refractivity contribution in [3.05, 3.63) is 30.1 Å². The molecule has 3 heteroatoms. The van der Waals surface area contributed by atoms with Crippen LogP contribution in [0, 0.1) is 6.92 Å². The Kier molecular flexibility index (Phi) is 1.12. The highest BCUT2D eigenvalue weighted by Crippen LogP contribution is 2.12. The second-order valence-electron chi connectivity index (χ2n) is 2.57. The minimum Gasteiger partial charge on any atom is -0.338 e. The highest BCUT2D eigenvalue weighted by molar-refractivity contribution is 5.77. The molecule has 3 nitrogen and oxygen atoms in total. The Hall–Kier alpha value is -1.51.